The number of hydrogen-bond donors (Lipinski definition) is 5. The molecule has 0 saturated carbocycles. The molecule has 4 aliphatic heterocycles. The van der Waals surface area contributed by atoms with Crippen molar-refractivity contribution in [1.82, 2.24) is 26.2 Å². The summed E-state index contributed by atoms with van der Waals surface area (Å²) in [5.41, 5.74) is 0.0395. The van der Waals surface area contributed by atoms with Crippen LogP contribution in [0.2, 0.25) is 0 Å². The van der Waals surface area contributed by atoms with Gasteiger partial charge in [0, 0.05) is 47.9 Å². The molecule has 0 aromatic rings. The molecule has 0 aromatic heterocycles. The van der Waals surface area contributed by atoms with Crippen molar-refractivity contribution >= 4 is 35.5 Å². The first-order valence-corrected chi connectivity index (χ1v) is 13.1. The highest BCUT2D eigenvalue weighted by atomic mass is 32.2. The average molecular weight is 510 g/mol. The molecule has 0 aliphatic carbocycles. The Morgan fingerprint density at radius 2 is 2.00 bits per heavy atom. The first-order chi connectivity index (χ1) is 16.7. The second-order valence-electron chi connectivity index (χ2n) is 9.75. The van der Waals surface area contributed by atoms with Crippen molar-refractivity contribution in [2.24, 2.45) is 11.8 Å². The Labute approximate surface area is 209 Å². The van der Waals surface area contributed by atoms with Crippen molar-refractivity contribution in [1.29, 1.82) is 0 Å². The van der Waals surface area contributed by atoms with E-state index in [1.165, 1.54) is 16.7 Å². The summed E-state index contributed by atoms with van der Waals surface area (Å²) in [4.78, 5) is 51.9. The number of carboxylic acid groups (broad SMARTS) is 1. The van der Waals surface area contributed by atoms with Gasteiger partial charge in [-0.3, -0.25) is 14.4 Å². The molecule has 1 unspecified atom stereocenters. The maximum Gasteiger partial charge on any atom is 0.353 e. The summed E-state index contributed by atoms with van der Waals surface area (Å²) in [6.45, 7) is 5.76. The van der Waals surface area contributed by atoms with Crippen LogP contribution in [0.4, 0.5) is 0 Å². The van der Waals surface area contributed by atoms with Gasteiger partial charge >= 0.3 is 5.97 Å². The van der Waals surface area contributed by atoms with Gasteiger partial charge in [-0.2, -0.15) is 0 Å². The van der Waals surface area contributed by atoms with Gasteiger partial charge in [-0.05, 0) is 33.2 Å². The number of nitrogens with zero attached hydrogens (tertiary/aromatic N) is 1. The molecular formula is C23H35N5O6S. The van der Waals surface area contributed by atoms with Crippen LogP contribution in [0.1, 0.15) is 33.1 Å². The summed E-state index contributed by atoms with van der Waals surface area (Å²) in [5, 5.41) is 22.0. The number of hydrogen-bond acceptors (Lipinski definition) is 8. The zero-order chi connectivity index (χ0) is 25.3. The Kier molecular flexibility index (Phi) is 8.04. The number of carbonyl (C=O) groups is 4. The van der Waals surface area contributed by atoms with Gasteiger partial charge in [0.15, 0.2) is 0 Å². The molecule has 35 heavy (non-hydrogen) atoms. The molecule has 4 rings (SSSR count). The highest BCUT2D eigenvalue weighted by Gasteiger charge is 2.60. The molecule has 0 bridgehead atoms. The van der Waals surface area contributed by atoms with Crippen LogP contribution in [0.25, 0.3) is 0 Å². The summed E-state index contributed by atoms with van der Waals surface area (Å²) < 4.78 is 5.34. The quantitative estimate of drug-likeness (QED) is 0.253. The van der Waals surface area contributed by atoms with Crippen molar-refractivity contribution in [3.05, 3.63) is 10.6 Å². The monoisotopic (exact) mass is 509 g/mol. The second-order valence-corrected chi connectivity index (χ2v) is 11.1. The van der Waals surface area contributed by atoms with E-state index >= 15 is 0 Å². The van der Waals surface area contributed by atoms with Gasteiger partial charge < -0.3 is 36.0 Å². The fourth-order valence-corrected chi connectivity index (χ4v) is 7.05. The van der Waals surface area contributed by atoms with E-state index in [1.54, 1.807) is 14.0 Å². The number of nitrogens with one attached hydrogen (secondary N) is 4. The molecule has 3 fully saturated rings. The van der Waals surface area contributed by atoms with E-state index in [0.29, 0.717) is 31.1 Å². The standard InChI is InChI=1S/C23H35N5O6S/c1-11-18-17(12(2)26-16(29)10-24-3)22(31)28(18)19(23(32)33)20(11)35-14-8-15(25-9-14)21(30)27-13-4-6-34-7-5-13/h11-15,17-18,24-25H,4-10H2,1-3H3,(H,26,29)(H,27,30)(H,32,33)/t11-,12?,14+,15+,17-,18-/m1/s1. The first kappa shape index (κ1) is 25.9. The van der Waals surface area contributed by atoms with E-state index in [-0.39, 0.29) is 59.3 Å². The molecule has 0 aromatic carbocycles. The van der Waals surface area contributed by atoms with Crippen LogP contribution in [0.5, 0.6) is 0 Å². The molecule has 0 spiro atoms. The van der Waals surface area contributed by atoms with Crippen molar-refractivity contribution in [2.45, 2.75) is 62.5 Å². The SMILES string of the molecule is CNCC(=O)NC(C)[C@H]1C(=O)N2C(C(=O)O)=C(S[C@@H]3CN[C@H](C(=O)NC4CCOCC4)C3)[C@H](C)[C@H]12. The molecule has 0 radical (unpaired) electrons. The molecular weight excluding hydrogens is 474 g/mol. The van der Waals surface area contributed by atoms with Crippen LogP contribution in [0, 0.1) is 11.8 Å². The minimum atomic E-state index is -1.12. The number of carbonyl (C=O) groups excluding carboxylic acids is 3. The van der Waals surface area contributed by atoms with E-state index < -0.39 is 17.9 Å². The van der Waals surface area contributed by atoms with Gasteiger partial charge in [0.25, 0.3) is 0 Å². The van der Waals surface area contributed by atoms with Gasteiger partial charge in [0.2, 0.25) is 17.7 Å². The van der Waals surface area contributed by atoms with Crippen LogP contribution in [0.15, 0.2) is 10.6 Å². The largest absolute Gasteiger partial charge is 0.477 e. The lowest BCUT2D eigenvalue weighted by Crippen LogP contribution is -2.66. The summed E-state index contributed by atoms with van der Waals surface area (Å²) >= 11 is 1.46. The van der Waals surface area contributed by atoms with Gasteiger partial charge in [-0.1, -0.05) is 6.92 Å². The Balaban J connectivity index is 1.39. The number of β-lactam (4-membered cyclic amide) rings is 1. The molecule has 12 heteroatoms. The average Bonchev–Trinajstić information content (AvgIpc) is 3.37. The molecule has 5 N–H and O–H groups in total. The van der Waals surface area contributed by atoms with Crippen LogP contribution in [0.3, 0.4) is 0 Å². The van der Waals surface area contributed by atoms with Gasteiger partial charge in [0.1, 0.15) is 5.70 Å². The van der Waals surface area contributed by atoms with Gasteiger partial charge in [0.05, 0.1) is 24.5 Å². The normalized spacial score (nSPS) is 31.7. The number of likely N-dealkylation sites (N-methyl/N-ethyl adjacent to an activating group) is 1. The smallest absolute Gasteiger partial charge is 0.353 e. The first-order valence-electron chi connectivity index (χ1n) is 12.3. The number of aliphatic carboxylic acids is 1. The van der Waals surface area contributed by atoms with E-state index in [4.69, 9.17) is 4.74 Å². The van der Waals surface area contributed by atoms with E-state index in [9.17, 15) is 24.3 Å². The molecule has 4 aliphatic rings. The van der Waals surface area contributed by atoms with Crippen molar-refractivity contribution < 1.29 is 29.0 Å². The third-order valence-electron chi connectivity index (χ3n) is 7.32. The fourth-order valence-electron chi connectivity index (χ4n) is 5.57. The van der Waals surface area contributed by atoms with Crippen molar-refractivity contribution in [3.8, 4) is 0 Å². The lowest BCUT2D eigenvalue weighted by Gasteiger charge is -2.47. The fraction of sp³-hybridized carbons (Fsp3) is 0.739. The predicted molar refractivity (Wildman–Crippen MR) is 129 cm³/mol. The topological polar surface area (TPSA) is 149 Å². The Morgan fingerprint density at radius 1 is 1.29 bits per heavy atom. The number of ether oxygens (including phenoxy) is 1. The Bertz CT molecular complexity index is 907. The summed E-state index contributed by atoms with van der Waals surface area (Å²) in [5.74, 6) is -2.28. The summed E-state index contributed by atoms with van der Waals surface area (Å²) in [7, 11) is 1.67. The minimum Gasteiger partial charge on any atom is -0.477 e. The Hall–Kier alpha value is -2.15. The number of carboxylic acids is 1. The number of thioether (sulfide) groups is 1. The highest BCUT2D eigenvalue weighted by molar-refractivity contribution is 8.03. The van der Waals surface area contributed by atoms with Crippen LogP contribution in [-0.2, 0) is 23.9 Å². The molecule has 6 atom stereocenters. The maximum atomic E-state index is 13.0. The zero-order valence-electron chi connectivity index (χ0n) is 20.3. The van der Waals surface area contributed by atoms with Crippen molar-refractivity contribution in [2.75, 3.05) is 33.4 Å². The third kappa shape index (κ3) is 5.20. The van der Waals surface area contributed by atoms with Gasteiger partial charge in [-0.25, -0.2) is 4.79 Å². The van der Waals surface area contributed by atoms with E-state index in [0.717, 1.165) is 12.8 Å². The van der Waals surface area contributed by atoms with Crippen LogP contribution in [-0.4, -0.2) is 96.5 Å². The lowest BCUT2D eigenvalue weighted by atomic mass is 9.78. The number of rotatable bonds is 9. The summed E-state index contributed by atoms with van der Waals surface area (Å²) in [6.07, 6.45) is 2.20. The van der Waals surface area contributed by atoms with Gasteiger partial charge in [-0.15, -0.1) is 11.8 Å². The lowest BCUT2D eigenvalue weighted by molar-refractivity contribution is -0.158. The van der Waals surface area contributed by atoms with E-state index in [2.05, 4.69) is 21.3 Å². The van der Waals surface area contributed by atoms with Crippen molar-refractivity contribution in [3.63, 3.8) is 0 Å². The molecule has 194 valence electrons. The third-order valence-corrected chi connectivity index (χ3v) is 8.84. The van der Waals surface area contributed by atoms with Crippen LogP contribution < -0.4 is 21.3 Å². The highest BCUT2D eigenvalue weighted by Crippen LogP contribution is 2.51. The predicted octanol–water partition coefficient (Wildman–Crippen LogP) is -0.758. The second kappa shape index (κ2) is 10.9. The number of amides is 3. The Morgan fingerprint density at radius 3 is 2.66 bits per heavy atom. The van der Waals surface area contributed by atoms with Crippen LogP contribution >= 0.6 is 11.8 Å². The molecule has 3 saturated heterocycles. The maximum absolute atomic E-state index is 13.0. The van der Waals surface area contributed by atoms with E-state index in [1.807, 2.05) is 6.92 Å². The molecule has 4 heterocycles. The minimum absolute atomic E-state index is 0.0206. The molecule has 3 amide bonds. The number of fused-ring (bicyclic) bond motifs is 1. The zero-order valence-corrected chi connectivity index (χ0v) is 21.2. The molecule has 11 nitrogen and oxygen atoms in total. The summed E-state index contributed by atoms with van der Waals surface area (Å²) in [6, 6.07) is -0.904.